The fraction of sp³-hybridized carbons (Fsp3) is 0.391. The average molecular weight is 461 g/mol. The Bertz CT molecular complexity index is 1230. The lowest BCUT2D eigenvalue weighted by Gasteiger charge is -2.07. The summed E-state index contributed by atoms with van der Waals surface area (Å²) >= 11 is 1.45. The number of hydrogen-bond donors (Lipinski definition) is 0. The first kappa shape index (κ1) is 23.4. The van der Waals surface area contributed by atoms with Gasteiger partial charge in [-0.1, -0.05) is 47.7 Å². The molecule has 0 aliphatic rings. The van der Waals surface area contributed by atoms with Gasteiger partial charge < -0.3 is 9.30 Å². The van der Waals surface area contributed by atoms with Crippen LogP contribution in [0.3, 0.4) is 0 Å². The minimum Gasteiger partial charge on any atom is -0.380 e. The maximum absolute atomic E-state index is 12.6. The van der Waals surface area contributed by atoms with Crippen molar-refractivity contribution in [3.63, 3.8) is 0 Å². The van der Waals surface area contributed by atoms with Gasteiger partial charge >= 0.3 is 0 Å². The van der Waals surface area contributed by atoms with E-state index in [0.29, 0.717) is 24.6 Å². The van der Waals surface area contributed by atoms with Gasteiger partial charge in [-0.25, -0.2) is 8.42 Å². The van der Waals surface area contributed by atoms with Crippen LogP contribution in [0, 0.1) is 13.8 Å². The Labute approximate surface area is 187 Å². The molecule has 0 spiro atoms. The molecule has 0 saturated heterocycles. The molecule has 3 aromatic rings. The molecule has 2 aromatic carbocycles. The number of nitrogens with zero attached hydrogens (tertiary/aromatic N) is 2. The molecule has 31 heavy (non-hydrogen) atoms. The summed E-state index contributed by atoms with van der Waals surface area (Å²) in [6.45, 7) is 7.73. The fourth-order valence-electron chi connectivity index (χ4n) is 3.42. The molecule has 0 bridgehead atoms. The third-order valence-corrected chi connectivity index (χ3v) is 7.68. The van der Waals surface area contributed by atoms with Gasteiger partial charge in [0.2, 0.25) is 5.91 Å². The van der Waals surface area contributed by atoms with Gasteiger partial charge in [0.15, 0.2) is 14.6 Å². The topological polar surface area (TPSA) is 77.7 Å². The maximum atomic E-state index is 12.6. The molecular weight excluding hydrogens is 432 g/mol. The monoisotopic (exact) mass is 460 g/mol. The first-order chi connectivity index (χ1) is 14.8. The lowest BCUT2D eigenvalue weighted by atomic mass is 10.1. The van der Waals surface area contributed by atoms with Crippen LogP contribution in [-0.4, -0.2) is 37.9 Å². The highest BCUT2D eigenvalue weighted by Crippen LogP contribution is 2.23. The molecule has 0 atom stereocenters. The third-order valence-electron chi connectivity index (χ3n) is 4.85. The molecule has 6 nitrogen and oxygen atoms in total. The highest BCUT2D eigenvalue weighted by Gasteiger charge is 2.15. The van der Waals surface area contributed by atoms with Crippen LogP contribution in [0.1, 0.15) is 30.0 Å². The standard InChI is InChI=1S/C23H28N2O4S2/c1-4-29-12-11-25-20-15-17(2)14-18(3)22(20)30-23(25)24-21(26)10-13-31(27,28)16-19-8-6-5-7-9-19/h5-9,14-15H,4,10-13,16H2,1-3H3. The largest absolute Gasteiger partial charge is 0.380 e. The van der Waals surface area contributed by atoms with E-state index in [9.17, 15) is 13.2 Å². The highest BCUT2D eigenvalue weighted by molar-refractivity contribution is 7.90. The van der Waals surface area contributed by atoms with E-state index >= 15 is 0 Å². The summed E-state index contributed by atoms with van der Waals surface area (Å²) in [5, 5.41) is 0. The second-order valence-corrected chi connectivity index (χ2v) is 10.7. The van der Waals surface area contributed by atoms with Crippen LogP contribution in [0.25, 0.3) is 10.2 Å². The second-order valence-electron chi connectivity index (χ2n) is 7.50. The second kappa shape index (κ2) is 10.3. The zero-order chi connectivity index (χ0) is 22.4. The Kier molecular flexibility index (Phi) is 7.80. The smallest absolute Gasteiger partial charge is 0.249 e. The summed E-state index contributed by atoms with van der Waals surface area (Å²) in [7, 11) is -3.39. The number of ether oxygens (including phenoxy) is 1. The van der Waals surface area contributed by atoms with Crippen molar-refractivity contribution in [2.24, 2.45) is 4.99 Å². The molecule has 1 amide bonds. The summed E-state index contributed by atoms with van der Waals surface area (Å²) in [4.78, 5) is 17.4. The molecule has 0 fully saturated rings. The molecule has 1 aromatic heterocycles. The summed E-state index contributed by atoms with van der Waals surface area (Å²) in [5.74, 6) is -0.717. The van der Waals surface area contributed by atoms with Crippen molar-refractivity contribution in [3.8, 4) is 0 Å². The van der Waals surface area contributed by atoms with Crippen LogP contribution in [0.4, 0.5) is 0 Å². The van der Waals surface area contributed by atoms with E-state index in [1.807, 2.05) is 31.4 Å². The van der Waals surface area contributed by atoms with E-state index in [1.54, 1.807) is 24.3 Å². The molecule has 166 valence electrons. The summed E-state index contributed by atoms with van der Waals surface area (Å²) < 4.78 is 33.4. The van der Waals surface area contributed by atoms with Crippen molar-refractivity contribution >= 4 is 37.3 Å². The van der Waals surface area contributed by atoms with E-state index in [1.165, 1.54) is 11.3 Å². The maximum Gasteiger partial charge on any atom is 0.249 e. The fourth-order valence-corrected chi connectivity index (χ4v) is 5.87. The summed E-state index contributed by atoms with van der Waals surface area (Å²) in [6.07, 6.45) is -0.132. The predicted octanol–water partition coefficient (Wildman–Crippen LogP) is 3.79. The van der Waals surface area contributed by atoms with Gasteiger partial charge in [-0.3, -0.25) is 4.79 Å². The molecular formula is C23H28N2O4S2. The Balaban J connectivity index is 1.82. The van der Waals surface area contributed by atoms with Crippen LogP contribution < -0.4 is 4.80 Å². The van der Waals surface area contributed by atoms with E-state index in [4.69, 9.17) is 4.74 Å². The first-order valence-corrected chi connectivity index (χ1v) is 12.9. The number of aryl methyl sites for hydroxylation is 2. The average Bonchev–Trinajstić information content (AvgIpc) is 3.05. The van der Waals surface area contributed by atoms with Crippen molar-refractivity contribution in [3.05, 3.63) is 64.0 Å². The van der Waals surface area contributed by atoms with Crippen molar-refractivity contribution in [2.45, 2.75) is 39.5 Å². The Hall–Kier alpha value is -2.29. The van der Waals surface area contributed by atoms with Crippen LogP contribution in [-0.2, 0) is 31.7 Å². The van der Waals surface area contributed by atoms with E-state index < -0.39 is 15.7 Å². The Morgan fingerprint density at radius 3 is 2.61 bits per heavy atom. The van der Waals surface area contributed by atoms with Gasteiger partial charge in [0, 0.05) is 19.6 Å². The Morgan fingerprint density at radius 1 is 1.16 bits per heavy atom. The predicted molar refractivity (Wildman–Crippen MR) is 125 cm³/mol. The number of carbonyl (C=O) groups is 1. The number of sulfone groups is 1. The summed E-state index contributed by atoms with van der Waals surface area (Å²) in [6, 6.07) is 13.2. The van der Waals surface area contributed by atoms with Crippen LogP contribution in [0.5, 0.6) is 0 Å². The molecule has 0 aliphatic carbocycles. The molecule has 1 heterocycles. The number of aromatic nitrogens is 1. The molecule has 0 N–H and O–H groups in total. The Morgan fingerprint density at radius 2 is 1.90 bits per heavy atom. The molecule has 3 rings (SSSR count). The lowest BCUT2D eigenvalue weighted by molar-refractivity contribution is -0.117. The number of thiazole rings is 1. The molecule has 0 saturated carbocycles. The minimum atomic E-state index is -3.39. The number of fused-ring (bicyclic) bond motifs is 1. The zero-order valence-electron chi connectivity index (χ0n) is 18.1. The highest BCUT2D eigenvalue weighted by atomic mass is 32.2. The van der Waals surface area contributed by atoms with Crippen LogP contribution >= 0.6 is 11.3 Å². The molecule has 0 unspecified atom stereocenters. The summed E-state index contributed by atoms with van der Waals surface area (Å²) in [5.41, 5.74) is 4.00. The number of benzene rings is 2. The van der Waals surface area contributed by atoms with E-state index in [-0.39, 0.29) is 17.9 Å². The van der Waals surface area contributed by atoms with E-state index in [0.717, 1.165) is 26.9 Å². The SMILES string of the molecule is CCOCCn1c(=NC(=O)CCS(=O)(=O)Cc2ccccc2)sc2c(C)cc(C)cc21. The molecule has 0 aliphatic heterocycles. The number of carbonyl (C=O) groups excluding carboxylic acids is 1. The van der Waals surface area contributed by atoms with Gasteiger partial charge in [0.05, 0.1) is 28.3 Å². The minimum absolute atomic E-state index is 0.0726. The van der Waals surface area contributed by atoms with Crippen molar-refractivity contribution < 1.29 is 17.9 Å². The number of hydrogen-bond acceptors (Lipinski definition) is 5. The van der Waals surface area contributed by atoms with E-state index in [2.05, 4.69) is 17.1 Å². The third kappa shape index (κ3) is 6.35. The normalized spacial score (nSPS) is 12.5. The number of amides is 1. The zero-order valence-corrected chi connectivity index (χ0v) is 19.8. The number of rotatable bonds is 9. The van der Waals surface area contributed by atoms with Crippen molar-refractivity contribution in [1.82, 2.24) is 4.57 Å². The van der Waals surface area contributed by atoms with Gasteiger partial charge in [0.1, 0.15) is 0 Å². The van der Waals surface area contributed by atoms with Gasteiger partial charge in [-0.2, -0.15) is 4.99 Å². The lowest BCUT2D eigenvalue weighted by Crippen LogP contribution is -2.20. The van der Waals surface area contributed by atoms with Crippen LogP contribution in [0.2, 0.25) is 0 Å². The van der Waals surface area contributed by atoms with Crippen molar-refractivity contribution in [1.29, 1.82) is 0 Å². The van der Waals surface area contributed by atoms with Gasteiger partial charge in [-0.05, 0) is 43.5 Å². The molecule has 8 heteroatoms. The quantitative estimate of drug-likeness (QED) is 0.455. The first-order valence-electron chi connectivity index (χ1n) is 10.3. The van der Waals surface area contributed by atoms with Gasteiger partial charge in [-0.15, -0.1) is 0 Å². The van der Waals surface area contributed by atoms with Gasteiger partial charge in [0.25, 0.3) is 0 Å². The van der Waals surface area contributed by atoms with Crippen molar-refractivity contribution in [2.75, 3.05) is 19.0 Å². The van der Waals surface area contributed by atoms with Crippen LogP contribution in [0.15, 0.2) is 47.5 Å². The molecule has 0 radical (unpaired) electrons.